The van der Waals surface area contributed by atoms with Crippen LogP contribution in [0, 0.1) is 0 Å². The Kier molecular flexibility index (Phi) is 4.55. The van der Waals surface area contributed by atoms with Crippen LogP contribution < -0.4 is 0 Å². The van der Waals surface area contributed by atoms with Gasteiger partial charge in [0.1, 0.15) is 0 Å². The van der Waals surface area contributed by atoms with Crippen LogP contribution in [0.3, 0.4) is 0 Å². The first-order chi connectivity index (χ1) is 5.61. The standard InChI is InChI=1S/C7H12N2O3.ClH/c1-6(10)8-2-4-9(5-3-8)7(11)12;/h2-5H2,1H3,(H,11,12);1H. The van der Waals surface area contributed by atoms with Crippen molar-refractivity contribution >= 4 is 24.4 Å². The Balaban J connectivity index is 0.00000144. The van der Waals surface area contributed by atoms with Gasteiger partial charge in [-0.15, -0.1) is 12.4 Å². The van der Waals surface area contributed by atoms with Crippen molar-refractivity contribution in [1.29, 1.82) is 0 Å². The molecular formula is C7H13ClN2O3. The van der Waals surface area contributed by atoms with Crippen molar-refractivity contribution in [3.05, 3.63) is 0 Å². The van der Waals surface area contributed by atoms with Gasteiger partial charge in [-0.1, -0.05) is 0 Å². The first-order valence-corrected chi connectivity index (χ1v) is 3.84. The van der Waals surface area contributed by atoms with E-state index < -0.39 is 6.09 Å². The fraction of sp³-hybridized carbons (Fsp3) is 0.714. The van der Waals surface area contributed by atoms with Gasteiger partial charge in [0, 0.05) is 33.1 Å². The van der Waals surface area contributed by atoms with E-state index >= 15 is 0 Å². The third kappa shape index (κ3) is 3.10. The average Bonchev–Trinajstić information content (AvgIpc) is 2.04. The van der Waals surface area contributed by atoms with Crippen molar-refractivity contribution in [3.8, 4) is 0 Å². The van der Waals surface area contributed by atoms with E-state index in [0.717, 1.165) is 0 Å². The summed E-state index contributed by atoms with van der Waals surface area (Å²) < 4.78 is 0. The molecule has 0 saturated carbocycles. The monoisotopic (exact) mass is 208 g/mol. The highest BCUT2D eigenvalue weighted by Gasteiger charge is 2.21. The van der Waals surface area contributed by atoms with E-state index in [4.69, 9.17) is 5.11 Å². The maximum Gasteiger partial charge on any atom is 0.407 e. The van der Waals surface area contributed by atoms with Crippen molar-refractivity contribution in [3.63, 3.8) is 0 Å². The molecule has 1 N–H and O–H groups in total. The zero-order chi connectivity index (χ0) is 9.14. The molecule has 1 heterocycles. The first-order valence-electron chi connectivity index (χ1n) is 3.84. The molecule has 1 rings (SSSR count). The van der Waals surface area contributed by atoms with Crippen LogP contribution >= 0.6 is 12.4 Å². The molecule has 0 aromatic carbocycles. The molecule has 6 heteroatoms. The molecule has 1 aliphatic heterocycles. The predicted molar refractivity (Wildman–Crippen MR) is 49.1 cm³/mol. The van der Waals surface area contributed by atoms with E-state index in [2.05, 4.69) is 0 Å². The molecule has 1 aliphatic rings. The number of carboxylic acid groups (broad SMARTS) is 1. The lowest BCUT2D eigenvalue weighted by Gasteiger charge is -2.32. The predicted octanol–water partition coefficient (Wildman–Crippen LogP) is 0.250. The summed E-state index contributed by atoms with van der Waals surface area (Å²) in [6, 6.07) is 0. The third-order valence-electron chi connectivity index (χ3n) is 2.00. The van der Waals surface area contributed by atoms with Crippen LogP contribution in [0.1, 0.15) is 6.92 Å². The van der Waals surface area contributed by atoms with Gasteiger partial charge in [-0.2, -0.15) is 0 Å². The van der Waals surface area contributed by atoms with Gasteiger partial charge < -0.3 is 14.9 Å². The fourth-order valence-corrected chi connectivity index (χ4v) is 1.21. The molecule has 0 aliphatic carbocycles. The summed E-state index contributed by atoms with van der Waals surface area (Å²) in [6.07, 6.45) is -0.904. The normalized spacial score (nSPS) is 16.4. The van der Waals surface area contributed by atoms with E-state index in [1.54, 1.807) is 4.90 Å². The highest BCUT2D eigenvalue weighted by molar-refractivity contribution is 5.85. The summed E-state index contributed by atoms with van der Waals surface area (Å²) in [5.74, 6) is 0.0139. The maximum atomic E-state index is 10.8. The van der Waals surface area contributed by atoms with Crippen LogP contribution in [-0.4, -0.2) is 53.1 Å². The molecule has 5 nitrogen and oxygen atoms in total. The van der Waals surface area contributed by atoms with Crippen LogP contribution in [0.25, 0.3) is 0 Å². The SMILES string of the molecule is CC(=O)N1CCN(C(=O)O)CC1.Cl. The van der Waals surface area contributed by atoms with Crippen molar-refractivity contribution in [2.24, 2.45) is 0 Å². The molecule has 13 heavy (non-hydrogen) atoms. The highest BCUT2D eigenvalue weighted by atomic mass is 35.5. The topological polar surface area (TPSA) is 60.9 Å². The molecule has 0 atom stereocenters. The molecule has 1 fully saturated rings. The Bertz CT molecular complexity index is 180. The van der Waals surface area contributed by atoms with E-state index in [1.807, 2.05) is 0 Å². The minimum atomic E-state index is -0.904. The molecule has 2 amide bonds. The second-order valence-corrected chi connectivity index (χ2v) is 2.78. The number of hydrogen-bond acceptors (Lipinski definition) is 2. The lowest BCUT2D eigenvalue weighted by Crippen LogP contribution is -2.49. The molecular weight excluding hydrogens is 196 g/mol. The second kappa shape index (κ2) is 4.91. The molecule has 0 spiro atoms. The zero-order valence-electron chi connectivity index (χ0n) is 7.39. The highest BCUT2D eigenvalue weighted by Crippen LogP contribution is 2.01. The molecule has 0 aromatic heterocycles. The Labute approximate surface area is 82.7 Å². The Morgan fingerprint density at radius 3 is 1.77 bits per heavy atom. The lowest BCUT2D eigenvalue weighted by atomic mass is 10.3. The Hall–Kier alpha value is -0.970. The molecule has 0 aromatic rings. The van der Waals surface area contributed by atoms with Crippen LogP contribution in [-0.2, 0) is 4.79 Å². The van der Waals surface area contributed by atoms with Gasteiger partial charge in [-0.25, -0.2) is 4.79 Å². The second-order valence-electron chi connectivity index (χ2n) is 2.78. The largest absolute Gasteiger partial charge is 0.465 e. The summed E-state index contributed by atoms with van der Waals surface area (Å²) in [5, 5.41) is 8.59. The molecule has 0 bridgehead atoms. The number of rotatable bonds is 0. The van der Waals surface area contributed by atoms with Crippen LogP contribution in [0.2, 0.25) is 0 Å². The van der Waals surface area contributed by atoms with Crippen LogP contribution in [0.4, 0.5) is 4.79 Å². The number of amides is 2. The van der Waals surface area contributed by atoms with Gasteiger partial charge in [-0.05, 0) is 0 Å². The van der Waals surface area contributed by atoms with E-state index in [9.17, 15) is 9.59 Å². The quantitative estimate of drug-likeness (QED) is 0.621. The number of hydrogen-bond donors (Lipinski definition) is 1. The summed E-state index contributed by atoms with van der Waals surface area (Å²) in [6.45, 7) is 3.38. The molecule has 0 unspecified atom stereocenters. The summed E-state index contributed by atoms with van der Waals surface area (Å²) >= 11 is 0. The lowest BCUT2D eigenvalue weighted by molar-refractivity contribution is -0.130. The van der Waals surface area contributed by atoms with Gasteiger partial charge in [0.25, 0.3) is 0 Å². The van der Waals surface area contributed by atoms with Crippen LogP contribution in [0.15, 0.2) is 0 Å². The van der Waals surface area contributed by atoms with Crippen molar-refractivity contribution in [1.82, 2.24) is 9.80 Å². The number of piperazine rings is 1. The molecule has 1 saturated heterocycles. The number of nitrogens with zero attached hydrogens (tertiary/aromatic N) is 2. The molecule has 0 radical (unpaired) electrons. The number of carbonyl (C=O) groups excluding carboxylic acids is 1. The number of halogens is 1. The Morgan fingerprint density at radius 2 is 1.46 bits per heavy atom. The van der Waals surface area contributed by atoms with E-state index in [1.165, 1.54) is 11.8 Å². The first kappa shape index (κ1) is 12.0. The average molecular weight is 209 g/mol. The summed E-state index contributed by atoms with van der Waals surface area (Å²) in [5.41, 5.74) is 0. The van der Waals surface area contributed by atoms with Crippen molar-refractivity contribution in [2.45, 2.75) is 6.92 Å². The van der Waals surface area contributed by atoms with Gasteiger partial charge >= 0.3 is 6.09 Å². The van der Waals surface area contributed by atoms with Gasteiger partial charge in [0.15, 0.2) is 0 Å². The zero-order valence-corrected chi connectivity index (χ0v) is 8.21. The molecule has 76 valence electrons. The van der Waals surface area contributed by atoms with Gasteiger partial charge in [-0.3, -0.25) is 4.79 Å². The summed E-state index contributed by atoms with van der Waals surface area (Å²) in [7, 11) is 0. The van der Waals surface area contributed by atoms with Gasteiger partial charge in [0.2, 0.25) is 5.91 Å². The summed E-state index contributed by atoms with van der Waals surface area (Å²) in [4.78, 5) is 24.3. The van der Waals surface area contributed by atoms with Crippen LogP contribution in [0.5, 0.6) is 0 Å². The minimum Gasteiger partial charge on any atom is -0.465 e. The maximum absolute atomic E-state index is 10.8. The third-order valence-corrected chi connectivity index (χ3v) is 2.00. The minimum absolute atomic E-state index is 0. The fourth-order valence-electron chi connectivity index (χ4n) is 1.21. The van der Waals surface area contributed by atoms with E-state index in [-0.39, 0.29) is 18.3 Å². The Morgan fingerprint density at radius 1 is 1.08 bits per heavy atom. The smallest absolute Gasteiger partial charge is 0.407 e. The van der Waals surface area contributed by atoms with E-state index in [0.29, 0.717) is 26.2 Å². The van der Waals surface area contributed by atoms with Crippen molar-refractivity contribution < 1.29 is 14.7 Å². The number of carbonyl (C=O) groups is 2. The van der Waals surface area contributed by atoms with Crippen molar-refractivity contribution in [2.75, 3.05) is 26.2 Å². The van der Waals surface area contributed by atoms with Gasteiger partial charge in [0.05, 0.1) is 0 Å².